The summed E-state index contributed by atoms with van der Waals surface area (Å²) in [6.07, 6.45) is 1.32. The van der Waals surface area contributed by atoms with Gasteiger partial charge in [0.15, 0.2) is 11.5 Å². The molecule has 2 heterocycles. The Morgan fingerprint density at radius 1 is 1.08 bits per heavy atom. The normalized spacial score (nSPS) is 15.3. The maximum atomic E-state index is 11.6. The Morgan fingerprint density at radius 2 is 1.78 bits per heavy atom. The number of likely N-dealkylation sites (tertiary alicyclic amines) is 1. The third-order valence-electron chi connectivity index (χ3n) is 7.49. The maximum Gasteiger partial charge on any atom is 0.407 e. The van der Waals surface area contributed by atoms with Gasteiger partial charge in [-0.1, -0.05) is 6.07 Å². The number of nitrogens with zero attached hydrogens (tertiary/aromatic N) is 2. The lowest BCUT2D eigenvalue weighted by molar-refractivity contribution is 0.0872. The number of rotatable bonds is 7. The predicted molar refractivity (Wildman–Crippen MR) is 144 cm³/mol. The second kappa shape index (κ2) is 10.4. The average Bonchev–Trinajstić information content (AvgIpc) is 3.18. The van der Waals surface area contributed by atoms with Crippen molar-refractivity contribution in [2.45, 2.75) is 52.0 Å². The lowest BCUT2D eigenvalue weighted by atomic mass is 9.88. The Morgan fingerprint density at radius 3 is 2.39 bits per heavy atom. The molecule has 194 valence electrons. The fourth-order valence-electron chi connectivity index (χ4n) is 5.33. The Kier molecular flexibility index (Phi) is 7.50. The maximum absolute atomic E-state index is 11.6. The monoisotopic (exact) mass is 493 g/mol. The molecule has 1 aromatic heterocycles. The second-order valence-electron chi connectivity index (χ2n) is 10.7. The van der Waals surface area contributed by atoms with Gasteiger partial charge in [-0.05, 0) is 101 Å². The fourth-order valence-corrected chi connectivity index (χ4v) is 5.33. The van der Waals surface area contributed by atoms with Gasteiger partial charge in [-0.25, -0.2) is 4.79 Å². The van der Waals surface area contributed by atoms with Crippen LogP contribution in [0, 0.1) is 6.92 Å². The van der Waals surface area contributed by atoms with Crippen molar-refractivity contribution in [2.24, 2.45) is 0 Å². The predicted octanol–water partition coefficient (Wildman–Crippen LogP) is 6.12. The molecule has 0 unspecified atom stereocenters. The highest BCUT2D eigenvalue weighted by Crippen LogP contribution is 2.37. The second-order valence-corrected chi connectivity index (χ2v) is 10.7. The Balaban J connectivity index is 1.46. The van der Waals surface area contributed by atoms with Crippen molar-refractivity contribution in [3.05, 3.63) is 47.5 Å². The summed E-state index contributed by atoms with van der Waals surface area (Å²) in [7, 11) is 3.30. The topological polar surface area (TPSA) is 78.0 Å². The SMILES string of the molecule is COc1ccc(-c2[nH]c3ccc(C4CCN(CCN(C(=O)O)C(C)(C)C)CC4)cc3c2C)cc1OC. The number of H-pyrrole nitrogens is 1. The van der Waals surface area contributed by atoms with Gasteiger partial charge in [-0.15, -0.1) is 0 Å². The van der Waals surface area contributed by atoms with Crippen LogP contribution in [0.5, 0.6) is 11.5 Å². The molecular weight excluding hydrogens is 454 g/mol. The Hall–Kier alpha value is -3.19. The third-order valence-corrected chi connectivity index (χ3v) is 7.49. The van der Waals surface area contributed by atoms with Crippen LogP contribution in [0.15, 0.2) is 36.4 Å². The molecule has 0 bridgehead atoms. The van der Waals surface area contributed by atoms with Crippen molar-refractivity contribution in [3.63, 3.8) is 0 Å². The van der Waals surface area contributed by atoms with E-state index in [1.165, 1.54) is 21.4 Å². The molecule has 1 amide bonds. The van der Waals surface area contributed by atoms with Crippen LogP contribution in [0.25, 0.3) is 22.2 Å². The van der Waals surface area contributed by atoms with E-state index >= 15 is 0 Å². The number of piperidine rings is 1. The van der Waals surface area contributed by atoms with Crippen LogP contribution in [-0.4, -0.2) is 71.9 Å². The van der Waals surface area contributed by atoms with Gasteiger partial charge >= 0.3 is 6.09 Å². The number of aromatic amines is 1. The van der Waals surface area contributed by atoms with Crippen LogP contribution in [-0.2, 0) is 0 Å². The summed E-state index contributed by atoms with van der Waals surface area (Å²) in [6, 6.07) is 12.8. The molecule has 2 N–H and O–H groups in total. The summed E-state index contributed by atoms with van der Waals surface area (Å²) >= 11 is 0. The van der Waals surface area contributed by atoms with E-state index in [2.05, 4.69) is 41.1 Å². The highest BCUT2D eigenvalue weighted by atomic mass is 16.5. The highest BCUT2D eigenvalue weighted by molar-refractivity contribution is 5.91. The largest absolute Gasteiger partial charge is 0.493 e. The number of methoxy groups -OCH3 is 2. The molecule has 0 spiro atoms. The first kappa shape index (κ1) is 25.9. The minimum absolute atomic E-state index is 0.385. The summed E-state index contributed by atoms with van der Waals surface area (Å²) in [4.78, 5) is 19.2. The molecule has 36 heavy (non-hydrogen) atoms. The molecule has 1 aliphatic heterocycles. The van der Waals surface area contributed by atoms with Crippen LogP contribution < -0.4 is 9.47 Å². The van der Waals surface area contributed by atoms with Gasteiger partial charge in [0.2, 0.25) is 0 Å². The first-order valence-electron chi connectivity index (χ1n) is 12.7. The zero-order chi connectivity index (χ0) is 26.0. The van der Waals surface area contributed by atoms with Gasteiger partial charge in [-0.2, -0.15) is 0 Å². The van der Waals surface area contributed by atoms with Crippen molar-refractivity contribution in [1.82, 2.24) is 14.8 Å². The minimum atomic E-state index is -0.847. The number of carboxylic acid groups (broad SMARTS) is 1. The molecule has 1 aliphatic rings. The Labute approximate surface area is 214 Å². The van der Waals surface area contributed by atoms with Gasteiger partial charge in [0.25, 0.3) is 0 Å². The first-order valence-corrected chi connectivity index (χ1v) is 12.7. The number of carbonyl (C=O) groups is 1. The van der Waals surface area contributed by atoms with Crippen LogP contribution in [0.2, 0.25) is 0 Å². The molecule has 1 fully saturated rings. The lowest BCUT2D eigenvalue weighted by Gasteiger charge is -2.37. The van der Waals surface area contributed by atoms with E-state index in [0.717, 1.165) is 60.7 Å². The number of nitrogens with one attached hydrogen (secondary N) is 1. The number of aryl methyl sites for hydroxylation is 1. The van der Waals surface area contributed by atoms with Crippen molar-refractivity contribution in [3.8, 4) is 22.8 Å². The quantitative estimate of drug-likeness (QED) is 0.415. The molecule has 0 aliphatic carbocycles. The van der Waals surface area contributed by atoms with E-state index in [9.17, 15) is 9.90 Å². The molecule has 7 nitrogen and oxygen atoms in total. The van der Waals surface area contributed by atoms with Crippen molar-refractivity contribution < 1.29 is 19.4 Å². The van der Waals surface area contributed by atoms with Crippen LogP contribution in [0.3, 0.4) is 0 Å². The summed E-state index contributed by atoms with van der Waals surface area (Å²) in [5.41, 5.74) is 5.53. The fraction of sp³-hybridized carbons (Fsp3) is 0.483. The van der Waals surface area contributed by atoms with Crippen LogP contribution >= 0.6 is 0 Å². The number of hydrogen-bond donors (Lipinski definition) is 2. The van der Waals surface area contributed by atoms with Crippen LogP contribution in [0.1, 0.15) is 50.7 Å². The molecule has 2 aromatic carbocycles. The number of hydrogen-bond acceptors (Lipinski definition) is 4. The van der Waals surface area contributed by atoms with E-state index in [-0.39, 0.29) is 5.54 Å². The number of amides is 1. The molecule has 0 atom stereocenters. The van der Waals surface area contributed by atoms with Crippen molar-refractivity contribution in [2.75, 3.05) is 40.4 Å². The summed E-state index contributed by atoms with van der Waals surface area (Å²) < 4.78 is 10.9. The molecular formula is C29H39N3O4. The molecule has 3 aromatic rings. The molecule has 0 saturated carbocycles. The zero-order valence-electron chi connectivity index (χ0n) is 22.4. The summed E-state index contributed by atoms with van der Waals surface area (Å²) in [5, 5.41) is 10.8. The molecule has 7 heteroatoms. The van der Waals surface area contributed by atoms with Crippen molar-refractivity contribution >= 4 is 17.0 Å². The average molecular weight is 494 g/mol. The Bertz CT molecular complexity index is 1220. The highest BCUT2D eigenvalue weighted by Gasteiger charge is 2.28. The number of benzene rings is 2. The number of fused-ring (bicyclic) bond motifs is 1. The van der Waals surface area contributed by atoms with Gasteiger partial charge in [0.05, 0.1) is 14.2 Å². The molecule has 4 rings (SSSR count). The first-order chi connectivity index (χ1) is 17.1. The van der Waals surface area contributed by atoms with Crippen molar-refractivity contribution in [1.29, 1.82) is 0 Å². The third kappa shape index (κ3) is 5.31. The van der Waals surface area contributed by atoms with Gasteiger partial charge < -0.3 is 29.4 Å². The van der Waals surface area contributed by atoms with Crippen LogP contribution in [0.4, 0.5) is 4.79 Å². The van der Waals surface area contributed by atoms with E-state index < -0.39 is 6.09 Å². The lowest BCUT2D eigenvalue weighted by Crippen LogP contribution is -2.49. The minimum Gasteiger partial charge on any atom is -0.493 e. The smallest absolute Gasteiger partial charge is 0.407 e. The van der Waals surface area contributed by atoms with E-state index in [1.807, 2.05) is 32.9 Å². The van der Waals surface area contributed by atoms with E-state index in [0.29, 0.717) is 12.5 Å². The van der Waals surface area contributed by atoms with Gasteiger partial charge in [0.1, 0.15) is 0 Å². The summed E-state index contributed by atoms with van der Waals surface area (Å²) in [6.45, 7) is 11.3. The molecule has 0 radical (unpaired) electrons. The number of aromatic nitrogens is 1. The molecule has 1 saturated heterocycles. The van der Waals surface area contributed by atoms with E-state index in [4.69, 9.17) is 9.47 Å². The summed E-state index contributed by atoms with van der Waals surface area (Å²) in [5.74, 6) is 1.95. The zero-order valence-corrected chi connectivity index (χ0v) is 22.4. The van der Waals surface area contributed by atoms with Gasteiger partial charge in [0, 0.05) is 40.8 Å². The standard InChI is InChI=1S/C29H39N3O4/c1-19-23-17-21(20-11-13-31(14-12-20)15-16-32(28(33)34)29(2,3)4)7-9-24(23)30-27(19)22-8-10-25(35-5)26(18-22)36-6/h7-10,17-18,20,30H,11-16H2,1-6H3,(H,33,34). The van der Waals surface area contributed by atoms with E-state index in [1.54, 1.807) is 14.2 Å². The van der Waals surface area contributed by atoms with Gasteiger partial charge in [-0.3, -0.25) is 0 Å². The number of ether oxygens (including phenoxy) is 2.